The van der Waals surface area contributed by atoms with Gasteiger partial charge in [0.2, 0.25) is 11.8 Å². The standard InChI is InChI=1S/C29H23N3O5S2/c1-16-7-5-9-18(13-16)30-21(33)15-37-20-12-6-8-17(14-20)22-23-25(38-26-24(22)39-29(36)31-26)28(35)32(27(23)34)19-10-3-2-4-11-19/h2-14,22-23,25H,15H2,1H3,(H,30,33)(H,31,36)/t22-,23?,25?/m1/s1. The van der Waals surface area contributed by atoms with Gasteiger partial charge in [0, 0.05) is 16.5 Å². The number of rotatable bonds is 6. The third kappa shape index (κ3) is 4.77. The average Bonchev–Trinajstić information content (AvgIpc) is 3.42. The first-order valence-electron chi connectivity index (χ1n) is 12.3. The van der Waals surface area contributed by atoms with Crippen molar-refractivity contribution in [1.82, 2.24) is 4.98 Å². The van der Waals surface area contributed by atoms with Gasteiger partial charge in [0.1, 0.15) is 11.0 Å². The number of para-hydroxylation sites is 1. The third-order valence-corrected chi connectivity index (χ3v) is 9.13. The summed E-state index contributed by atoms with van der Waals surface area (Å²) in [6.07, 6.45) is 0. The Kier molecular flexibility index (Phi) is 6.58. The monoisotopic (exact) mass is 557 g/mol. The normalized spacial score (nSPS) is 19.9. The van der Waals surface area contributed by atoms with Crippen LogP contribution in [0.5, 0.6) is 5.75 Å². The molecule has 3 atom stereocenters. The number of amides is 3. The molecule has 8 nitrogen and oxygen atoms in total. The lowest BCUT2D eigenvalue weighted by Gasteiger charge is -2.30. The highest BCUT2D eigenvalue weighted by molar-refractivity contribution is 8.00. The number of anilines is 2. The van der Waals surface area contributed by atoms with Crippen LogP contribution in [0.25, 0.3) is 0 Å². The summed E-state index contributed by atoms with van der Waals surface area (Å²) in [6, 6.07) is 23.5. The Morgan fingerprint density at radius 2 is 1.77 bits per heavy atom. The Balaban J connectivity index is 1.29. The minimum atomic E-state index is -0.693. The Bertz CT molecular complexity index is 1650. The lowest BCUT2D eigenvalue weighted by molar-refractivity contribution is -0.122. The predicted molar refractivity (Wildman–Crippen MR) is 151 cm³/mol. The summed E-state index contributed by atoms with van der Waals surface area (Å²) < 4.78 is 5.80. The van der Waals surface area contributed by atoms with Crippen molar-refractivity contribution in [3.63, 3.8) is 0 Å². The molecular weight excluding hydrogens is 534 g/mol. The topological polar surface area (TPSA) is 109 Å². The molecule has 3 amide bonds. The van der Waals surface area contributed by atoms with Gasteiger partial charge in [-0.1, -0.05) is 65.6 Å². The summed E-state index contributed by atoms with van der Waals surface area (Å²) in [5.74, 6) is -1.68. The van der Waals surface area contributed by atoms with Crippen LogP contribution in [-0.2, 0) is 14.4 Å². The molecule has 196 valence electrons. The van der Waals surface area contributed by atoms with Crippen LogP contribution in [0.2, 0.25) is 0 Å². The summed E-state index contributed by atoms with van der Waals surface area (Å²) in [7, 11) is 0. The molecule has 2 aliphatic heterocycles. The number of nitrogens with zero attached hydrogens (tertiary/aromatic N) is 1. The third-order valence-electron chi connectivity index (χ3n) is 6.73. The molecule has 2 unspecified atom stereocenters. The van der Waals surface area contributed by atoms with E-state index >= 15 is 0 Å². The first-order valence-corrected chi connectivity index (χ1v) is 14.0. The first-order chi connectivity index (χ1) is 18.9. The number of ether oxygens (including phenoxy) is 1. The maximum absolute atomic E-state index is 13.8. The number of fused-ring (bicyclic) bond motifs is 2. The zero-order valence-electron chi connectivity index (χ0n) is 20.7. The SMILES string of the molecule is Cc1cccc(NC(=O)COc2cccc([C@H]3c4sc(=O)[nH]c4SC4C(=O)N(c5ccccc5)C(=O)C43)c2)c1. The van der Waals surface area contributed by atoms with Gasteiger partial charge in [0.25, 0.3) is 5.91 Å². The van der Waals surface area contributed by atoms with Crippen molar-refractivity contribution >= 4 is 52.2 Å². The van der Waals surface area contributed by atoms with E-state index < -0.39 is 17.1 Å². The molecule has 6 rings (SSSR count). The largest absolute Gasteiger partial charge is 0.484 e. The van der Waals surface area contributed by atoms with E-state index in [1.165, 1.54) is 16.7 Å². The van der Waals surface area contributed by atoms with Gasteiger partial charge in [-0.25, -0.2) is 4.90 Å². The zero-order chi connectivity index (χ0) is 27.1. The molecule has 1 fully saturated rings. The number of hydrogen-bond acceptors (Lipinski definition) is 7. The Hall–Kier alpha value is -4.15. The Morgan fingerprint density at radius 3 is 2.56 bits per heavy atom. The number of nitrogens with one attached hydrogen (secondary N) is 2. The molecule has 10 heteroatoms. The molecule has 39 heavy (non-hydrogen) atoms. The van der Waals surface area contributed by atoms with E-state index in [0.29, 0.717) is 22.2 Å². The molecule has 1 saturated heterocycles. The predicted octanol–water partition coefficient (Wildman–Crippen LogP) is 4.56. The fourth-order valence-corrected chi connectivity index (χ4v) is 7.59. The van der Waals surface area contributed by atoms with Crippen LogP contribution in [0.15, 0.2) is 88.7 Å². The van der Waals surface area contributed by atoms with Crippen molar-refractivity contribution in [3.8, 4) is 5.75 Å². The molecule has 0 aliphatic carbocycles. The van der Waals surface area contributed by atoms with Crippen molar-refractivity contribution in [2.24, 2.45) is 5.92 Å². The van der Waals surface area contributed by atoms with Gasteiger partial charge < -0.3 is 15.0 Å². The van der Waals surface area contributed by atoms with Gasteiger partial charge >= 0.3 is 4.87 Å². The van der Waals surface area contributed by atoms with E-state index in [2.05, 4.69) is 10.3 Å². The number of H-pyrrole nitrogens is 1. The second-order valence-electron chi connectivity index (χ2n) is 9.38. The Morgan fingerprint density at radius 1 is 0.974 bits per heavy atom. The van der Waals surface area contributed by atoms with Crippen molar-refractivity contribution in [2.45, 2.75) is 23.1 Å². The number of hydrogen-bond donors (Lipinski definition) is 2. The molecule has 2 aliphatic rings. The highest BCUT2D eigenvalue weighted by Crippen LogP contribution is 2.53. The van der Waals surface area contributed by atoms with E-state index in [1.807, 2.05) is 43.3 Å². The number of benzene rings is 3. The molecule has 0 radical (unpaired) electrons. The number of aromatic amines is 1. The van der Waals surface area contributed by atoms with Crippen LogP contribution in [0.4, 0.5) is 11.4 Å². The number of thioether (sulfide) groups is 1. The van der Waals surface area contributed by atoms with Gasteiger partial charge in [-0.2, -0.15) is 0 Å². The number of carbonyl (C=O) groups excluding carboxylic acids is 3. The van der Waals surface area contributed by atoms with Crippen LogP contribution < -0.4 is 19.8 Å². The van der Waals surface area contributed by atoms with Gasteiger partial charge in [-0.15, -0.1) is 0 Å². The lowest BCUT2D eigenvalue weighted by atomic mass is 9.83. The second kappa shape index (κ2) is 10.2. The molecule has 0 bridgehead atoms. The van der Waals surface area contributed by atoms with E-state index in [1.54, 1.807) is 42.5 Å². The highest BCUT2D eigenvalue weighted by Gasteiger charge is 2.56. The number of imide groups is 1. The van der Waals surface area contributed by atoms with E-state index in [4.69, 9.17) is 4.74 Å². The van der Waals surface area contributed by atoms with Crippen LogP contribution in [0, 0.1) is 12.8 Å². The van der Waals surface area contributed by atoms with Crippen molar-refractivity contribution in [1.29, 1.82) is 0 Å². The second-order valence-corrected chi connectivity index (χ2v) is 11.5. The van der Waals surface area contributed by atoms with Crippen molar-refractivity contribution in [3.05, 3.63) is 105 Å². The van der Waals surface area contributed by atoms with Crippen LogP contribution >= 0.6 is 23.1 Å². The molecule has 4 aromatic rings. The first kappa shape index (κ1) is 25.1. The summed E-state index contributed by atoms with van der Waals surface area (Å²) >= 11 is 2.29. The fourth-order valence-electron chi connectivity index (χ4n) is 5.07. The molecule has 3 heterocycles. The number of thiazole rings is 1. The van der Waals surface area contributed by atoms with Gasteiger partial charge in [-0.3, -0.25) is 19.2 Å². The van der Waals surface area contributed by atoms with Crippen LogP contribution in [-0.4, -0.2) is 34.6 Å². The minimum absolute atomic E-state index is 0.202. The zero-order valence-corrected chi connectivity index (χ0v) is 22.4. The minimum Gasteiger partial charge on any atom is -0.484 e. The van der Waals surface area contributed by atoms with Gasteiger partial charge in [-0.05, 0) is 54.4 Å². The summed E-state index contributed by atoms with van der Waals surface area (Å²) in [6.45, 7) is 1.74. The maximum Gasteiger partial charge on any atom is 0.305 e. The van der Waals surface area contributed by atoms with Crippen LogP contribution in [0.3, 0.4) is 0 Å². The molecule has 2 N–H and O–H groups in total. The highest BCUT2D eigenvalue weighted by atomic mass is 32.2. The number of carbonyl (C=O) groups is 3. The number of aromatic nitrogens is 1. The average molecular weight is 558 g/mol. The molecular formula is C29H23N3O5S2. The lowest BCUT2D eigenvalue weighted by Crippen LogP contribution is -2.32. The molecule has 0 saturated carbocycles. The molecule has 0 spiro atoms. The van der Waals surface area contributed by atoms with E-state index in [9.17, 15) is 19.2 Å². The smallest absolute Gasteiger partial charge is 0.305 e. The number of aryl methyl sites for hydroxylation is 1. The van der Waals surface area contributed by atoms with Crippen LogP contribution in [0.1, 0.15) is 21.9 Å². The summed E-state index contributed by atoms with van der Waals surface area (Å²) in [5, 5.41) is 2.75. The quantitative estimate of drug-likeness (QED) is 0.337. The summed E-state index contributed by atoms with van der Waals surface area (Å²) in [4.78, 5) is 56.6. The molecule has 3 aromatic carbocycles. The van der Waals surface area contributed by atoms with E-state index in [-0.39, 0.29) is 29.2 Å². The fraction of sp³-hybridized carbons (Fsp3) is 0.172. The molecule has 1 aromatic heterocycles. The summed E-state index contributed by atoms with van der Waals surface area (Å²) in [5.41, 5.74) is 2.97. The van der Waals surface area contributed by atoms with E-state index in [0.717, 1.165) is 27.3 Å². The maximum atomic E-state index is 13.8. The van der Waals surface area contributed by atoms with Gasteiger partial charge in [0.05, 0.1) is 16.6 Å². The van der Waals surface area contributed by atoms with Crippen molar-refractivity contribution < 1.29 is 19.1 Å². The van der Waals surface area contributed by atoms with Crippen molar-refractivity contribution in [2.75, 3.05) is 16.8 Å². The Labute approximate surface area is 232 Å². The van der Waals surface area contributed by atoms with Gasteiger partial charge in [0.15, 0.2) is 6.61 Å².